The standard InChI is InChI=1S/C25H29NO4/c1-15(2)20-12-21-19(14-30-22(21)8-16(20)3)11-25(27)26-7-6-17-9-23(28-4)24(29-5)10-18(17)13-26/h8-10,12,14-15H,6-7,11,13H2,1-5H3. The number of furan rings is 1. The summed E-state index contributed by atoms with van der Waals surface area (Å²) in [6, 6.07) is 8.27. The van der Waals surface area contributed by atoms with Crippen LogP contribution in [0.5, 0.6) is 11.5 Å². The third-order valence-corrected chi connectivity index (χ3v) is 6.08. The molecule has 0 radical (unpaired) electrons. The molecular formula is C25H29NO4. The summed E-state index contributed by atoms with van der Waals surface area (Å²) in [5.74, 6) is 1.98. The summed E-state index contributed by atoms with van der Waals surface area (Å²) in [4.78, 5) is 15.0. The predicted molar refractivity (Wildman–Crippen MR) is 117 cm³/mol. The number of amides is 1. The van der Waals surface area contributed by atoms with Crippen LogP contribution in [0, 0.1) is 6.92 Å². The number of nitrogens with zero attached hydrogens (tertiary/aromatic N) is 1. The van der Waals surface area contributed by atoms with Crippen molar-refractivity contribution in [2.45, 2.75) is 46.1 Å². The zero-order valence-corrected chi connectivity index (χ0v) is 18.4. The van der Waals surface area contributed by atoms with Gasteiger partial charge in [0, 0.05) is 24.0 Å². The van der Waals surface area contributed by atoms with E-state index in [1.54, 1.807) is 20.5 Å². The Hall–Kier alpha value is -2.95. The fraction of sp³-hybridized carbons (Fsp3) is 0.400. The van der Waals surface area contributed by atoms with Crippen molar-refractivity contribution in [2.24, 2.45) is 0 Å². The highest BCUT2D eigenvalue weighted by molar-refractivity contribution is 5.88. The number of hydrogen-bond acceptors (Lipinski definition) is 4. The minimum atomic E-state index is 0.116. The van der Waals surface area contributed by atoms with Crippen molar-refractivity contribution in [1.82, 2.24) is 4.90 Å². The molecule has 0 saturated heterocycles. The molecule has 0 fully saturated rings. The highest BCUT2D eigenvalue weighted by atomic mass is 16.5. The summed E-state index contributed by atoms with van der Waals surface area (Å²) in [5.41, 5.74) is 6.65. The van der Waals surface area contributed by atoms with Crippen LogP contribution in [0.2, 0.25) is 0 Å². The van der Waals surface area contributed by atoms with Gasteiger partial charge >= 0.3 is 0 Å². The molecule has 0 bridgehead atoms. The number of fused-ring (bicyclic) bond motifs is 2. The SMILES string of the molecule is COc1cc2c(cc1OC)CN(C(=O)Cc1coc3cc(C)c(C(C)C)cc13)CC2. The minimum absolute atomic E-state index is 0.116. The molecule has 0 spiro atoms. The Bertz CT molecular complexity index is 1100. The lowest BCUT2D eigenvalue weighted by Crippen LogP contribution is -2.36. The predicted octanol–water partition coefficient (Wildman–Crippen LogP) is 5.01. The molecule has 0 N–H and O–H groups in total. The van der Waals surface area contributed by atoms with Crippen molar-refractivity contribution in [2.75, 3.05) is 20.8 Å². The fourth-order valence-electron chi connectivity index (χ4n) is 4.37. The molecule has 5 heteroatoms. The van der Waals surface area contributed by atoms with Crippen LogP contribution in [0.4, 0.5) is 0 Å². The molecule has 0 aliphatic carbocycles. The van der Waals surface area contributed by atoms with Crippen LogP contribution < -0.4 is 9.47 Å². The molecule has 158 valence electrons. The van der Waals surface area contributed by atoms with Gasteiger partial charge in [-0.3, -0.25) is 4.79 Å². The number of carbonyl (C=O) groups excluding carboxylic acids is 1. The van der Waals surface area contributed by atoms with E-state index in [9.17, 15) is 4.79 Å². The second-order valence-corrected chi connectivity index (χ2v) is 8.34. The molecule has 0 atom stereocenters. The van der Waals surface area contributed by atoms with Crippen LogP contribution in [0.1, 0.15) is 47.6 Å². The van der Waals surface area contributed by atoms with E-state index in [0.29, 0.717) is 31.2 Å². The Balaban J connectivity index is 1.56. The quantitative estimate of drug-likeness (QED) is 0.597. The van der Waals surface area contributed by atoms with E-state index in [2.05, 4.69) is 32.9 Å². The van der Waals surface area contributed by atoms with Gasteiger partial charge in [-0.05, 0) is 65.8 Å². The maximum atomic E-state index is 13.1. The van der Waals surface area contributed by atoms with Gasteiger partial charge in [-0.15, -0.1) is 0 Å². The van der Waals surface area contributed by atoms with Crippen LogP contribution in [0.15, 0.2) is 34.9 Å². The smallest absolute Gasteiger partial charge is 0.227 e. The molecule has 2 aromatic carbocycles. The summed E-state index contributed by atoms with van der Waals surface area (Å²) in [6.07, 6.45) is 2.89. The van der Waals surface area contributed by atoms with E-state index in [0.717, 1.165) is 34.3 Å². The zero-order valence-electron chi connectivity index (χ0n) is 18.4. The second-order valence-electron chi connectivity index (χ2n) is 8.34. The summed E-state index contributed by atoms with van der Waals surface area (Å²) in [5, 5.41) is 1.04. The first-order valence-corrected chi connectivity index (χ1v) is 10.4. The van der Waals surface area contributed by atoms with Gasteiger partial charge in [-0.25, -0.2) is 0 Å². The van der Waals surface area contributed by atoms with E-state index in [1.807, 2.05) is 17.0 Å². The number of methoxy groups -OCH3 is 2. The molecular weight excluding hydrogens is 378 g/mol. The number of carbonyl (C=O) groups is 1. The van der Waals surface area contributed by atoms with Crippen LogP contribution in [0.3, 0.4) is 0 Å². The topological polar surface area (TPSA) is 51.9 Å². The summed E-state index contributed by atoms with van der Waals surface area (Å²) in [7, 11) is 3.28. The Morgan fingerprint density at radius 3 is 2.47 bits per heavy atom. The second kappa shape index (κ2) is 8.05. The fourth-order valence-corrected chi connectivity index (χ4v) is 4.37. The average molecular weight is 408 g/mol. The lowest BCUT2D eigenvalue weighted by Gasteiger charge is -2.29. The first-order chi connectivity index (χ1) is 14.4. The van der Waals surface area contributed by atoms with Crippen molar-refractivity contribution in [3.8, 4) is 11.5 Å². The van der Waals surface area contributed by atoms with Gasteiger partial charge in [0.1, 0.15) is 5.58 Å². The van der Waals surface area contributed by atoms with Crippen molar-refractivity contribution in [3.63, 3.8) is 0 Å². The zero-order chi connectivity index (χ0) is 21.4. The Kier molecular flexibility index (Phi) is 5.46. The van der Waals surface area contributed by atoms with Crippen LogP contribution >= 0.6 is 0 Å². The van der Waals surface area contributed by atoms with Gasteiger partial charge in [0.05, 0.1) is 26.9 Å². The van der Waals surface area contributed by atoms with E-state index in [-0.39, 0.29) is 5.91 Å². The van der Waals surface area contributed by atoms with E-state index >= 15 is 0 Å². The van der Waals surface area contributed by atoms with E-state index in [4.69, 9.17) is 13.9 Å². The van der Waals surface area contributed by atoms with E-state index in [1.165, 1.54) is 16.7 Å². The first-order valence-electron chi connectivity index (χ1n) is 10.4. The largest absolute Gasteiger partial charge is 0.493 e. The number of hydrogen-bond donors (Lipinski definition) is 0. The lowest BCUT2D eigenvalue weighted by atomic mass is 9.95. The molecule has 1 aromatic heterocycles. The van der Waals surface area contributed by atoms with Crippen molar-refractivity contribution < 1.29 is 18.7 Å². The van der Waals surface area contributed by atoms with Crippen LogP contribution in [-0.2, 0) is 24.2 Å². The molecule has 5 nitrogen and oxygen atoms in total. The van der Waals surface area contributed by atoms with Gasteiger partial charge in [0.2, 0.25) is 5.91 Å². The highest BCUT2D eigenvalue weighted by Crippen LogP contribution is 2.34. The van der Waals surface area contributed by atoms with Crippen molar-refractivity contribution in [1.29, 1.82) is 0 Å². The Morgan fingerprint density at radius 2 is 1.80 bits per heavy atom. The summed E-state index contributed by atoms with van der Waals surface area (Å²) in [6.45, 7) is 7.77. The summed E-state index contributed by atoms with van der Waals surface area (Å²) < 4.78 is 16.6. The maximum Gasteiger partial charge on any atom is 0.227 e. The van der Waals surface area contributed by atoms with Gasteiger partial charge in [-0.2, -0.15) is 0 Å². The van der Waals surface area contributed by atoms with Crippen LogP contribution in [-0.4, -0.2) is 31.6 Å². The monoisotopic (exact) mass is 407 g/mol. The molecule has 1 aliphatic heterocycles. The van der Waals surface area contributed by atoms with E-state index < -0.39 is 0 Å². The molecule has 3 aromatic rings. The van der Waals surface area contributed by atoms with Gasteiger partial charge in [0.25, 0.3) is 0 Å². The normalized spacial score (nSPS) is 13.6. The maximum absolute atomic E-state index is 13.1. The highest BCUT2D eigenvalue weighted by Gasteiger charge is 2.24. The van der Waals surface area contributed by atoms with Crippen molar-refractivity contribution in [3.05, 3.63) is 58.3 Å². The average Bonchev–Trinajstić information content (AvgIpc) is 3.12. The molecule has 4 rings (SSSR count). The van der Waals surface area contributed by atoms with Crippen molar-refractivity contribution >= 4 is 16.9 Å². The van der Waals surface area contributed by atoms with Gasteiger partial charge in [-0.1, -0.05) is 13.8 Å². The third-order valence-electron chi connectivity index (χ3n) is 6.08. The van der Waals surface area contributed by atoms with Gasteiger partial charge in [0.15, 0.2) is 11.5 Å². The Morgan fingerprint density at radius 1 is 1.10 bits per heavy atom. The third kappa shape index (κ3) is 3.64. The number of aryl methyl sites for hydroxylation is 1. The molecule has 1 aliphatic rings. The summed E-state index contributed by atoms with van der Waals surface area (Å²) >= 11 is 0. The lowest BCUT2D eigenvalue weighted by molar-refractivity contribution is -0.131. The Labute approximate surface area is 177 Å². The molecule has 0 unspecified atom stereocenters. The molecule has 1 amide bonds. The van der Waals surface area contributed by atoms with Crippen LogP contribution in [0.25, 0.3) is 11.0 Å². The number of ether oxygens (including phenoxy) is 2. The van der Waals surface area contributed by atoms with Gasteiger partial charge < -0.3 is 18.8 Å². The molecule has 2 heterocycles. The number of rotatable bonds is 5. The number of benzene rings is 2. The molecule has 30 heavy (non-hydrogen) atoms. The minimum Gasteiger partial charge on any atom is -0.493 e. The molecule has 0 saturated carbocycles. The first kappa shape index (κ1) is 20.3.